The molecule has 0 spiro atoms. The van der Waals surface area contributed by atoms with Gasteiger partial charge in [0.05, 0.1) is 0 Å². The topological polar surface area (TPSA) is 53.2 Å². The van der Waals surface area contributed by atoms with Gasteiger partial charge in [-0.05, 0) is 24.0 Å². The molecule has 0 saturated carbocycles. The van der Waals surface area contributed by atoms with Crippen molar-refractivity contribution in [2.24, 2.45) is 0 Å². The molecule has 1 aliphatic rings. The summed E-state index contributed by atoms with van der Waals surface area (Å²) in [5.41, 5.74) is 2.59. The Balaban J connectivity index is 1.82. The molecule has 2 heterocycles. The van der Waals surface area contributed by atoms with Gasteiger partial charge >= 0.3 is 0 Å². The summed E-state index contributed by atoms with van der Waals surface area (Å²) in [6.45, 7) is 1.31. The molecule has 0 radical (unpaired) electrons. The number of aromatic nitrogens is 1. The highest BCUT2D eigenvalue weighted by Gasteiger charge is 2.21. The van der Waals surface area contributed by atoms with Crippen LogP contribution in [0, 0.1) is 0 Å². The SMILES string of the molecule is O=C(c1c[nH]ccc1=O)N1CCc2ccccc2CC1. The normalized spacial score (nSPS) is 14.5. The molecule has 1 N–H and O–H groups in total. The smallest absolute Gasteiger partial charge is 0.259 e. The van der Waals surface area contributed by atoms with E-state index in [0.29, 0.717) is 13.1 Å². The Morgan fingerprint density at radius 1 is 1.05 bits per heavy atom. The van der Waals surface area contributed by atoms with Crippen molar-refractivity contribution < 1.29 is 4.79 Å². The third kappa shape index (κ3) is 2.37. The second kappa shape index (κ2) is 5.33. The Hall–Kier alpha value is -2.36. The van der Waals surface area contributed by atoms with Gasteiger partial charge in [0, 0.05) is 31.5 Å². The highest BCUT2D eigenvalue weighted by Crippen LogP contribution is 2.16. The molecule has 0 saturated heterocycles. The monoisotopic (exact) mass is 268 g/mol. The van der Waals surface area contributed by atoms with Gasteiger partial charge in [0.2, 0.25) is 0 Å². The fraction of sp³-hybridized carbons (Fsp3) is 0.250. The Bertz CT molecular complexity index is 664. The highest BCUT2D eigenvalue weighted by molar-refractivity contribution is 5.93. The summed E-state index contributed by atoms with van der Waals surface area (Å²) in [6.07, 6.45) is 4.71. The lowest BCUT2D eigenvalue weighted by molar-refractivity contribution is 0.0761. The van der Waals surface area contributed by atoms with Crippen molar-refractivity contribution in [2.45, 2.75) is 12.8 Å². The summed E-state index contributed by atoms with van der Waals surface area (Å²) < 4.78 is 0. The van der Waals surface area contributed by atoms with Gasteiger partial charge in [-0.25, -0.2) is 0 Å². The molecule has 1 amide bonds. The summed E-state index contributed by atoms with van der Waals surface area (Å²) >= 11 is 0. The zero-order chi connectivity index (χ0) is 13.9. The highest BCUT2D eigenvalue weighted by atomic mass is 16.2. The Morgan fingerprint density at radius 2 is 1.70 bits per heavy atom. The third-order valence-electron chi connectivity index (χ3n) is 3.76. The minimum absolute atomic E-state index is 0.181. The molecule has 0 fully saturated rings. The minimum Gasteiger partial charge on any atom is -0.367 e. The van der Waals surface area contributed by atoms with E-state index in [1.54, 1.807) is 4.90 Å². The van der Waals surface area contributed by atoms with Crippen molar-refractivity contribution in [3.05, 3.63) is 69.6 Å². The zero-order valence-corrected chi connectivity index (χ0v) is 11.1. The Morgan fingerprint density at radius 3 is 2.30 bits per heavy atom. The molecule has 2 aromatic rings. The van der Waals surface area contributed by atoms with Crippen LogP contribution in [-0.2, 0) is 12.8 Å². The van der Waals surface area contributed by atoms with Gasteiger partial charge in [-0.15, -0.1) is 0 Å². The fourth-order valence-corrected chi connectivity index (χ4v) is 2.62. The van der Waals surface area contributed by atoms with Crippen molar-refractivity contribution >= 4 is 5.91 Å². The van der Waals surface area contributed by atoms with E-state index < -0.39 is 0 Å². The van der Waals surface area contributed by atoms with Crippen LogP contribution in [0.2, 0.25) is 0 Å². The first-order valence-corrected chi connectivity index (χ1v) is 6.79. The van der Waals surface area contributed by atoms with Crippen LogP contribution in [-0.4, -0.2) is 28.9 Å². The molecule has 0 unspecified atom stereocenters. The van der Waals surface area contributed by atoms with E-state index in [0.717, 1.165) is 12.8 Å². The average Bonchev–Trinajstić information content (AvgIpc) is 2.70. The van der Waals surface area contributed by atoms with Crippen LogP contribution in [0.1, 0.15) is 21.5 Å². The number of aromatic amines is 1. The quantitative estimate of drug-likeness (QED) is 0.854. The largest absolute Gasteiger partial charge is 0.367 e. The Labute approximate surface area is 117 Å². The van der Waals surface area contributed by atoms with E-state index in [2.05, 4.69) is 17.1 Å². The summed E-state index contributed by atoms with van der Waals surface area (Å²) in [6, 6.07) is 9.66. The van der Waals surface area contributed by atoms with Crippen LogP contribution in [0.3, 0.4) is 0 Å². The number of benzene rings is 1. The number of carbonyl (C=O) groups excluding carboxylic acids is 1. The molecule has 0 atom stereocenters. The minimum atomic E-state index is -0.226. The van der Waals surface area contributed by atoms with E-state index in [1.165, 1.54) is 29.6 Å². The molecule has 4 heteroatoms. The van der Waals surface area contributed by atoms with E-state index in [-0.39, 0.29) is 16.9 Å². The lowest BCUT2D eigenvalue weighted by atomic mass is 10.0. The molecule has 4 nitrogen and oxygen atoms in total. The molecular formula is C16H16N2O2. The van der Waals surface area contributed by atoms with Crippen molar-refractivity contribution in [3.8, 4) is 0 Å². The van der Waals surface area contributed by atoms with Gasteiger partial charge in [0.25, 0.3) is 5.91 Å². The second-order valence-corrected chi connectivity index (χ2v) is 4.98. The number of amides is 1. The van der Waals surface area contributed by atoms with Gasteiger partial charge < -0.3 is 9.88 Å². The summed E-state index contributed by atoms with van der Waals surface area (Å²) in [4.78, 5) is 28.7. The van der Waals surface area contributed by atoms with Crippen molar-refractivity contribution in [1.29, 1.82) is 0 Å². The third-order valence-corrected chi connectivity index (χ3v) is 3.76. The maximum Gasteiger partial charge on any atom is 0.259 e. The Kier molecular flexibility index (Phi) is 3.37. The number of hydrogen-bond acceptors (Lipinski definition) is 2. The van der Waals surface area contributed by atoms with E-state index in [9.17, 15) is 9.59 Å². The van der Waals surface area contributed by atoms with Crippen LogP contribution in [0.25, 0.3) is 0 Å². The van der Waals surface area contributed by atoms with Crippen LogP contribution in [0.5, 0.6) is 0 Å². The molecule has 0 aliphatic carbocycles. The maximum absolute atomic E-state index is 12.4. The molecule has 1 aromatic heterocycles. The summed E-state index contributed by atoms with van der Waals surface area (Å²) in [5.74, 6) is -0.181. The average molecular weight is 268 g/mol. The molecule has 3 rings (SSSR count). The van der Waals surface area contributed by atoms with E-state index in [4.69, 9.17) is 0 Å². The first-order chi connectivity index (χ1) is 9.75. The van der Waals surface area contributed by atoms with E-state index in [1.807, 2.05) is 12.1 Å². The maximum atomic E-state index is 12.4. The standard InChI is InChI=1S/C16H16N2O2/c19-15-5-8-17-11-14(15)16(20)18-9-6-12-3-1-2-4-13(12)7-10-18/h1-5,8,11H,6-7,9-10H2,(H,17,19). The number of carbonyl (C=O) groups is 1. The lowest BCUT2D eigenvalue weighted by Crippen LogP contribution is -2.36. The number of fused-ring (bicyclic) bond motifs is 1. The number of pyridine rings is 1. The first kappa shape index (κ1) is 12.7. The van der Waals surface area contributed by atoms with E-state index >= 15 is 0 Å². The molecular weight excluding hydrogens is 252 g/mol. The lowest BCUT2D eigenvalue weighted by Gasteiger charge is -2.19. The molecule has 20 heavy (non-hydrogen) atoms. The van der Waals surface area contributed by atoms with Crippen LogP contribution in [0.4, 0.5) is 0 Å². The molecule has 102 valence electrons. The van der Waals surface area contributed by atoms with Gasteiger partial charge in [-0.1, -0.05) is 24.3 Å². The van der Waals surface area contributed by atoms with Crippen molar-refractivity contribution in [1.82, 2.24) is 9.88 Å². The van der Waals surface area contributed by atoms with Crippen molar-refractivity contribution in [3.63, 3.8) is 0 Å². The van der Waals surface area contributed by atoms with Gasteiger partial charge in [0.1, 0.15) is 5.56 Å². The van der Waals surface area contributed by atoms with Crippen LogP contribution < -0.4 is 5.43 Å². The first-order valence-electron chi connectivity index (χ1n) is 6.79. The van der Waals surface area contributed by atoms with Crippen molar-refractivity contribution in [2.75, 3.05) is 13.1 Å². The summed E-state index contributed by atoms with van der Waals surface area (Å²) in [5, 5.41) is 0. The zero-order valence-electron chi connectivity index (χ0n) is 11.1. The van der Waals surface area contributed by atoms with Gasteiger partial charge in [0.15, 0.2) is 5.43 Å². The van der Waals surface area contributed by atoms with Gasteiger partial charge in [-0.2, -0.15) is 0 Å². The predicted octanol–water partition coefficient (Wildman–Crippen LogP) is 1.62. The number of H-pyrrole nitrogens is 1. The van der Waals surface area contributed by atoms with Gasteiger partial charge in [-0.3, -0.25) is 9.59 Å². The number of rotatable bonds is 1. The van der Waals surface area contributed by atoms with Crippen LogP contribution in [0.15, 0.2) is 47.5 Å². The molecule has 0 bridgehead atoms. The molecule has 1 aromatic carbocycles. The number of hydrogen-bond donors (Lipinski definition) is 1. The number of nitrogens with zero attached hydrogens (tertiary/aromatic N) is 1. The van der Waals surface area contributed by atoms with Crippen LogP contribution >= 0.6 is 0 Å². The summed E-state index contributed by atoms with van der Waals surface area (Å²) in [7, 11) is 0. The predicted molar refractivity (Wildman–Crippen MR) is 76.8 cm³/mol. The molecule has 1 aliphatic heterocycles. The fourth-order valence-electron chi connectivity index (χ4n) is 2.62. The number of nitrogens with one attached hydrogen (secondary N) is 1. The second-order valence-electron chi connectivity index (χ2n) is 4.98.